The summed E-state index contributed by atoms with van der Waals surface area (Å²) in [5.41, 5.74) is 4.87. The lowest BCUT2D eigenvalue weighted by Crippen LogP contribution is -2.43. The zero-order valence-electron chi connectivity index (χ0n) is 18.5. The van der Waals surface area contributed by atoms with Crippen LogP contribution >= 0.6 is 0 Å². The van der Waals surface area contributed by atoms with Gasteiger partial charge in [0.05, 0.1) is 11.1 Å². The quantitative estimate of drug-likeness (QED) is 0.324. The van der Waals surface area contributed by atoms with E-state index in [2.05, 4.69) is 28.0 Å². The van der Waals surface area contributed by atoms with E-state index >= 15 is 0 Å². The first kappa shape index (κ1) is 22.8. The first-order valence-electron chi connectivity index (χ1n) is 10.9. The van der Waals surface area contributed by atoms with E-state index in [0.717, 1.165) is 19.3 Å². The number of halogens is 1. The normalized spacial score (nSPS) is 10.9. The molecule has 0 fully saturated rings. The van der Waals surface area contributed by atoms with Crippen LogP contribution in [0.15, 0.2) is 65.6 Å². The molecule has 0 aliphatic rings. The maximum absolute atomic E-state index is 13.4. The summed E-state index contributed by atoms with van der Waals surface area (Å²) >= 11 is 0. The highest BCUT2D eigenvalue weighted by Gasteiger charge is 2.18. The average molecular weight is 462 g/mol. The Morgan fingerprint density at radius 1 is 0.941 bits per heavy atom. The van der Waals surface area contributed by atoms with E-state index in [4.69, 9.17) is 0 Å². The summed E-state index contributed by atoms with van der Waals surface area (Å²) in [5, 5.41) is 9.14. The number of carbonyl (C=O) groups is 2. The molecule has 10 heteroatoms. The third kappa shape index (κ3) is 4.85. The summed E-state index contributed by atoms with van der Waals surface area (Å²) in [6, 6.07) is 13.9. The van der Waals surface area contributed by atoms with Gasteiger partial charge in [-0.05, 0) is 36.8 Å². The Labute approximate surface area is 194 Å². The Hall–Kier alpha value is -4.34. The molecular weight excluding hydrogens is 439 g/mol. The molecule has 0 radical (unpaired) electrons. The molecule has 2 aromatic carbocycles. The second kappa shape index (κ2) is 10.1. The Morgan fingerprint density at radius 3 is 2.47 bits per heavy atom. The fraction of sp³-hybridized carbons (Fsp3) is 0.208. The van der Waals surface area contributed by atoms with Crippen molar-refractivity contribution in [2.75, 3.05) is 0 Å². The van der Waals surface area contributed by atoms with Crippen molar-refractivity contribution in [3.8, 4) is 5.69 Å². The van der Waals surface area contributed by atoms with Crippen molar-refractivity contribution in [1.82, 2.24) is 30.4 Å². The average Bonchev–Trinajstić information content (AvgIpc) is 3.34. The molecule has 2 aromatic heterocycles. The minimum atomic E-state index is -0.668. The van der Waals surface area contributed by atoms with E-state index < -0.39 is 17.6 Å². The van der Waals surface area contributed by atoms with E-state index in [-0.39, 0.29) is 16.9 Å². The third-order valence-electron chi connectivity index (χ3n) is 5.24. The van der Waals surface area contributed by atoms with Gasteiger partial charge in [0.1, 0.15) is 5.82 Å². The van der Waals surface area contributed by atoms with Gasteiger partial charge < -0.3 is 0 Å². The molecule has 0 unspecified atom stereocenters. The van der Waals surface area contributed by atoms with Crippen molar-refractivity contribution < 1.29 is 14.0 Å². The second-order valence-corrected chi connectivity index (χ2v) is 7.66. The molecule has 0 bridgehead atoms. The predicted octanol–water partition coefficient (Wildman–Crippen LogP) is 2.99. The number of carbonyl (C=O) groups excluding carboxylic acids is 2. The van der Waals surface area contributed by atoms with E-state index in [9.17, 15) is 18.8 Å². The zero-order chi connectivity index (χ0) is 24.1. The molecule has 2 heterocycles. The van der Waals surface area contributed by atoms with Gasteiger partial charge in [0.25, 0.3) is 17.4 Å². The van der Waals surface area contributed by atoms with Gasteiger partial charge in [0.2, 0.25) is 0 Å². The summed E-state index contributed by atoms with van der Waals surface area (Å²) in [7, 11) is 0. The van der Waals surface area contributed by atoms with Crippen molar-refractivity contribution in [2.45, 2.75) is 32.7 Å². The number of nitrogens with zero attached hydrogens (tertiary/aromatic N) is 4. The molecule has 9 nitrogen and oxygen atoms in total. The molecule has 0 atom stereocenters. The van der Waals surface area contributed by atoms with E-state index in [1.54, 1.807) is 30.3 Å². The number of aromatic nitrogens is 4. The van der Waals surface area contributed by atoms with Crippen LogP contribution in [0, 0.1) is 5.82 Å². The summed E-state index contributed by atoms with van der Waals surface area (Å²) in [5.74, 6) is -1.76. The van der Waals surface area contributed by atoms with Crippen LogP contribution in [-0.4, -0.2) is 31.4 Å². The van der Waals surface area contributed by atoms with Gasteiger partial charge in [0.15, 0.2) is 11.4 Å². The number of hydrogen-bond donors (Lipinski definition) is 2. The van der Waals surface area contributed by atoms with Gasteiger partial charge in [-0.25, -0.2) is 13.8 Å². The predicted molar refractivity (Wildman–Crippen MR) is 124 cm³/mol. The maximum atomic E-state index is 13.4. The molecular formula is C24H23FN6O3. The minimum Gasteiger partial charge on any atom is -0.267 e. The summed E-state index contributed by atoms with van der Waals surface area (Å²) in [6.45, 7) is 2.45. The molecule has 0 saturated carbocycles. The Morgan fingerprint density at radius 2 is 1.71 bits per heavy atom. The largest absolute Gasteiger partial charge is 0.290 e. The Kier molecular flexibility index (Phi) is 6.77. The van der Waals surface area contributed by atoms with E-state index in [1.165, 1.54) is 39.8 Å². The standard InChI is InChI=1S/C24H23FN6O3/c1-2-3-6-13-31-24(34)19-11-5-4-10-18(19)21(29-31)23(33)27-26-22(32)20-12-14-30(28-20)17-9-7-8-16(25)15-17/h4-5,7-12,14-15H,2-3,6,13H2,1H3,(H,26,32)(H,27,33). The van der Waals surface area contributed by atoms with Gasteiger partial charge in [-0.2, -0.15) is 10.2 Å². The number of unbranched alkanes of at least 4 members (excludes halogenated alkanes) is 2. The van der Waals surface area contributed by atoms with Crippen molar-refractivity contribution in [1.29, 1.82) is 0 Å². The van der Waals surface area contributed by atoms with Gasteiger partial charge in [0, 0.05) is 18.1 Å². The van der Waals surface area contributed by atoms with Gasteiger partial charge >= 0.3 is 0 Å². The Balaban J connectivity index is 1.52. The number of nitrogens with one attached hydrogen (secondary N) is 2. The highest BCUT2D eigenvalue weighted by Crippen LogP contribution is 2.14. The Bertz CT molecular complexity index is 1410. The number of hydrazine groups is 1. The van der Waals surface area contributed by atoms with Crippen molar-refractivity contribution >= 4 is 22.6 Å². The first-order chi connectivity index (χ1) is 16.5. The SMILES string of the molecule is CCCCCn1nc(C(=O)NNC(=O)c2ccn(-c3cccc(F)c3)n2)c2ccccc2c1=O. The molecule has 0 aliphatic carbocycles. The second-order valence-electron chi connectivity index (χ2n) is 7.66. The number of hydrogen-bond acceptors (Lipinski definition) is 5. The minimum absolute atomic E-state index is 0.0203. The number of fused-ring (bicyclic) bond motifs is 1. The lowest BCUT2D eigenvalue weighted by molar-refractivity contribution is 0.0840. The molecule has 174 valence electrons. The highest BCUT2D eigenvalue weighted by molar-refractivity contribution is 6.05. The fourth-order valence-electron chi connectivity index (χ4n) is 3.51. The molecule has 4 rings (SSSR count). The van der Waals surface area contributed by atoms with Crippen molar-refractivity contribution in [2.24, 2.45) is 0 Å². The fourth-order valence-corrected chi connectivity index (χ4v) is 3.51. The summed E-state index contributed by atoms with van der Waals surface area (Å²) < 4.78 is 16.1. The number of aryl methyl sites for hydroxylation is 1. The summed E-state index contributed by atoms with van der Waals surface area (Å²) in [6.07, 6.45) is 4.18. The molecule has 0 saturated heterocycles. The topological polar surface area (TPSA) is 111 Å². The third-order valence-corrected chi connectivity index (χ3v) is 5.24. The van der Waals surface area contributed by atoms with Crippen LogP contribution in [0.5, 0.6) is 0 Å². The van der Waals surface area contributed by atoms with Crippen LogP contribution in [0.25, 0.3) is 16.5 Å². The smallest absolute Gasteiger partial charge is 0.267 e. The monoisotopic (exact) mass is 462 g/mol. The van der Waals surface area contributed by atoms with Crippen molar-refractivity contribution in [3.63, 3.8) is 0 Å². The van der Waals surface area contributed by atoms with Crippen LogP contribution in [0.4, 0.5) is 4.39 Å². The number of amides is 2. The van der Waals surface area contributed by atoms with Gasteiger partial charge in [-0.1, -0.05) is 44.0 Å². The molecule has 34 heavy (non-hydrogen) atoms. The van der Waals surface area contributed by atoms with Crippen LogP contribution < -0.4 is 16.4 Å². The van der Waals surface area contributed by atoms with Crippen LogP contribution in [0.3, 0.4) is 0 Å². The maximum Gasteiger partial charge on any atom is 0.290 e. The molecule has 0 aliphatic heterocycles. The first-order valence-corrected chi connectivity index (χ1v) is 10.9. The molecule has 0 spiro atoms. The van der Waals surface area contributed by atoms with Crippen molar-refractivity contribution in [3.05, 3.63) is 88.4 Å². The number of benzene rings is 2. The van der Waals surface area contributed by atoms with Crippen LogP contribution in [0.1, 0.15) is 47.2 Å². The molecule has 4 aromatic rings. The van der Waals surface area contributed by atoms with Gasteiger partial charge in [-0.3, -0.25) is 25.2 Å². The van der Waals surface area contributed by atoms with Crippen LogP contribution in [-0.2, 0) is 6.54 Å². The van der Waals surface area contributed by atoms with E-state index in [0.29, 0.717) is 23.0 Å². The lowest BCUT2D eigenvalue weighted by atomic mass is 10.1. The molecule has 2 amide bonds. The zero-order valence-corrected chi connectivity index (χ0v) is 18.5. The van der Waals surface area contributed by atoms with E-state index in [1.807, 2.05) is 0 Å². The molecule has 2 N–H and O–H groups in total. The number of rotatable bonds is 7. The van der Waals surface area contributed by atoms with Crippen LogP contribution in [0.2, 0.25) is 0 Å². The highest BCUT2D eigenvalue weighted by atomic mass is 19.1. The lowest BCUT2D eigenvalue weighted by Gasteiger charge is -2.11. The summed E-state index contributed by atoms with van der Waals surface area (Å²) in [4.78, 5) is 38.1. The van der Waals surface area contributed by atoms with Gasteiger partial charge in [-0.15, -0.1) is 0 Å².